The summed E-state index contributed by atoms with van der Waals surface area (Å²) in [5, 5.41) is 0. The molecule has 0 saturated carbocycles. The van der Waals surface area contributed by atoms with E-state index in [4.69, 9.17) is 13.9 Å². The summed E-state index contributed by atoms with van der Waals surface area (Å²) >= 11 is 0. The minimum atomic E-state index is -0.907. The van der Waals surface area contributed by atoms with E-state index >= 15 is 0 Å². The molecule has 0 spiro atoms. The van der Waals surface area contributed by atoms with E-state index in [0.717, 1.165) is 0 Å². The highest BCUT2D eigenvalue weighted by Crippen LogP contribution is 2.21. The lowest BCUT2D eigenvalue weighted by atomic mass is 10.1. The van der Waals surface area contributed by atoms with Crippen molar-refractivity contribution in [1.29, 1.82) is 0 Å². The summed E-state index contributed by atoms with van der Waals surface area (Å²) < 4.78 is 28.9. The number of ketones is 1. The molecule has 0 aliphatic rings. The Morgan fingerprint density at radius 1 is 1.10 bits per heavy atom. The lowest BCUT2D eigenvalue weighted by molar-refractivity contribution is -0.146. The van der Waals surface area contributed by atoms with Gasteiger partial charge < -0.3 is 13.9 Å². The summed E-state index contributed by atoms with van der Waals surface area (Å²) in [6, 6.07) is 12.4. The monoisotopic (exact) mass is 397 g/mol. The number of rotatable bonds is 8. The van der Waals surface area contributed by atoms with Crippen LogP contribution in [0.15, 0.2) is 59.1 Å². The van der Waals surface area contributed by atoms with Crippen molar-refractivity contribution >= 4 is 11.8 Å². The quantitative estimate of drug-likeness (QED) is 0.418. The number of aromatic nitrogens is 1. The predicted octanol–water partition coefficient (Wildman–Crippen LogP) is 4.24. The maximum absolute atomic E-state index is 13.0. The van der Waals surface area contributed by atoms with Crippen molar-refractivity contribution in [1.82, 2.24) is 4.98 Å². The highest BCUT2D eigenvalue weighted by atomic mass is 19.1. The molecular formula is C22H20FNO5. The van der Waals surface area contributed by atoms with Crippen molar-refractivity contribution in [2.24, 2.45) is 0 Å². The van der Waals surface area contributed by atoms with Gasteiger partial charge in [0, 0.05) is 17.5 Å². The van der Waals surface area contributed by atoms with Crippen LogP contribution in [0.4, 0.5) is 4.39 Å². The third kappa shape index (κ3) is 5.28. The molecule has 0 fully saturated rings. The minimum Gasteiger partial charge on any atom is -0.497 e. The summed E-state index contributed by atoms with van der Waals surface area (Å²) in [6.45, 7) is 1.53. The van der Waals surface area contributed by atoms with Crippen LogP contribution in [-0.2, 0) is 16.0 Å². The second-order valence-corrected chi connectivity index (χ2v) is 6.35. The third-order valence-electron chi connectivity index (χ3n) is 4.28. The Balaban J connectivity index is 1.51. The van der Waals surface area contributed by atoms with Crippen molar-refractivity contribution in [3.63, 3.8) is 0 Å². The Bertz CT molecular complexity index is 979. The van der Waals surface area contributed by atoms with Crippen LogP contribution < -0.4 is 4.74 Å². The SMILES string of the molecule is COc1ccc(C(=O)C(C)OC(=O)CCc2ncc(-c3ccc(F)cc3)o2)cc1. The number of carbonyl (C=O) groups excluding carboxylic acids is 2. The number of ether oxygens (including phenoxy) is 2. The summed E-state index contributed by atoms with van der Waals surface area (Å²) in [5.74, 6) is 0.315. The van der Waals surface area contributed by atoms with Gasteiger partial charge in [-0.3, -0.25) is 9.59 Å². The van der Waals surface area contributed by atoms with Gasteiger partial charge in [-0.2, -0.15) is 0 Å². The number of hydrogen-bond acceptors (Lipinski definition) is 6. The van der Waals surface area contributed by atoms with Crippen LogP contribution in [0.1, 0.15) is 29.6 Å². The average Bonchev–Trinajstić information content (AvgIpc) is 3.21. The zero-order chi connectivity index (χ0) is 20.8. The van der Waals surface area contributed by atoms with Crippen molar-refractivity contribution in [2.45, 2.75) is 25.9 Å². The molecule has 0 bridgehead atoms. The number of Topliss-reactive ketones (excluding diaryl/α,β-unsaturated/α-hetero) is 1. The molecule has 0 aliphatic heterocycles. The predicted molar refractivity (Wildman–Crippen MR) is 103 cm³/mol. The molecule has 1 heterocycles. The number of hydrogen-bond donors (Lipinski definition) is 0. The van der Waals surface area contributed by atoms with Crippen LogP contribution in [0.5, 0.6) is 5.75 Å². The van der Waals surface area contributed by atoms with Crippen LogP contribution >= 0.6 is 0 Å². The highest BCUT2D eigenvalue weighted by molar-refractivity contribution is 6.00. The first-order valence-electron chi connectivity index (χ1n) is 9.04. The summed E-state index contributed by atoms with van der Waals surface area (Å²) in [7, 11) is 1.54. The van der Waals surface area contributed by atoms with Gasteiger partial charge >= 0.3 is 5.97 Å². The van der Waals surface area contributed by atoms with E-state index in [1.165, 1.54) is 32.4 Å². The van der Waals surface area contributed by atoms with E-state index in [-0.39, 0.29) is 24.4 Å². The zero-order valence-electron chi connectivity index (χ0n) is 16.1. The van der Waals surface area contributed by atoms with Crippen molar-refractivity contribution in [3.8, 4) is 17.1 Å². The molecule has 1 aromatic heterocycles. The fraction of sp³-hybridized carbons (Fsp3) is 0.227. The molecule has 7 heteroatoms. The van der Waals surface area contributed by atoms with E-state index in [9.17, 15) is 14.0 Å². The first kappa shape index (κ1) is 20.3. The van der Waals surface area contributed by atoms with E-state index in [1.807, 2.05) is 0 Å². The molecule has 29 heavy (non-hydrogen) atoms. The van der Waals surface area contributed by atoms with E-state index in [2.05, 4.69) is 4.98 Å². The maximum atomic E-state index is 13.0. The number of benzene rings is 2. The van der Waals surface area contributed by atoms with Gasteiger partial charge in [-0.25, -0.2) is 9.37 Å². The fourth-order valence-corrected chi connectivity index (χ4v) is 2.68. The lowest BCUT2D eigenvalue weighted by Crippen LogP contribution is -2.24. The van der Waals surface area contributed by atoms with Gasteiger partial charge in [0.05, 0.1) is 19.7 Å². The summed E-state index contributed by atoms with van der Waals surface area (Å²) in [5.41, 5.74) is 1.12. The number of halogens is 1. The molecule has 0 radical (unpaired) electrons. The van der Waals surface area contributed by atoms with Gasteiger partial charge in [0.1, 0.15) is 11.6 Å². The Hall–Kier alpha value is -3.48. The Morgan fingerprint density at radius 2 is 1.79 bits per heavy atom. The van der Waals surface area contributed by atoms with Gasteiger partial charge in [0.15, 0.2) is 17.8 Å². The molecule has 6 nitrogen and oxygen atoms in total. The third-order valence-corrected chi connectivity index (χ3v) is 4.28. The van der Waals surface area contributed by atoms with Crippen molar-refractivity contribution in [3.05, 3.63) is 72.0 Å². The number of esters is 1. The Morgan fingerprint density at radius 3 is 2.45 bits per heavy atom. The molecule has 1 unspecified atom stereocenters. The fourth-order valence-electron chi connectivity index (χ4n) is 2.68. The largest absolute Gasteiger partial charge is 0.497 e. The zero-order valence-corrected chi connectivity index (χ0v) is 16.1. The van der Waals surface area contributed by atoms with Gasteiger partial charge in [0.2, 0.25) is 5.78 Å². The highest BCUT2D eigenvalue weighted by Gasteiger charge is 2.20. The summed E-state index contributed by atoms with van der Waals surface area (Å²) in [6.07, 6.45) is 0.854. The van der Waals surface area contributed by atoms with Gasteiger partial charge in [-0.05, 0) is 55.5 Å². The first-order chi connectivity index (χ1) is 14.0. The number of methoxy groups -OCH3 is 1. The molecule has 0 N–H and O–H groups in total. The van der Waals surface area contributed by atoms with Crippen LogP contribution in [-0.4, -0.2) is 30.0 Å². The molecule has 0 saturated heterocycles. The minimum absolute atomic E-state index is 0.0175. The second-order valence-electron chi connectivity index (χ2n) is 6.35. The van der Waals surface area contributed by atoms with E-state index in [1.54, 1.807) is 36.4 Å². The van der Waals surface area contributed by atoms with Crippen LogP contribution in [0, 0.1) is 5.82 Å². The smallest absolute Gasteiger partial charge is 0.307 e. The molecule has 2 aromatic carbocycles. The standard InChI is InChI=1S/C22H20FNO5/c1-14(22(26)16-5-9-18(27-2)10-6-16)28-21(25)12-11-20-24-13-19(29-20)15-3-7-17(23)8-4-15/h3-10,13-14H,11-12H2,1-2H3. The van der Waals surface area contributed by atoms with Crippen molar-refractivity contribution < 1.29 is 27.9 Å². The van der Waals surface area contributed by atoms with E-state index in [0.29, 0.717) is 28.5 Å². The van der Waals surface area contributed by atoms with E-state index < -0.39 is 12.1 Å². The number of carbonyl (C=O) groups is 2. The molecule has 3 aromatic rings. The Kier molecular flexibility index (Phi) is 6.39. The van der Waals surface area contributed by atoms with Gasteiger partial charge in [0.25, 0.3) is 0 Å². The molecule has 3 rings (SSSR count). The maximum Gasteiger partial charge on any atom is 0.307 e. The number of aryl methyl sites for hydroxylation is 1. The van der Waals surface area contributed by atoms with Crippen LogP contribution in [0.25, 0.3) is 11.3 Å². The normalized spacial score (nSPS) is 11.7. The van der Waals surface area contributed by atoms with Gasteiger partial charge in [-0.15, -0.1) is 0 Å². The number of oxazole rings is 1. The molecule has 150 valence electrons. The lowest BCUT2D eigenvalue weighted by Gasteiger charge is -2.12. The number of nitrogens with zero attached hydrogens (tertiary/aromatic N) is 1. The van der Waals surface area contributed by atoms with Gasteiger partial charge in [-0.1, -0.05) is 0 Å². The molecule has 1 atom stereocenters. The molecule has 0 amide bonds. The molecule has 0 aliphatic carbocycles. The topological polar surface area (TPSA) is 78.6 Å². The van der Waals surface area contributed by atoms with Crippen molar-refractivity contribution in [2.75, 3.05) is 7.11 Å². The second kappa shape index (κ2) is 9.14. The molecular weight excluding hydrogens is 377 g/mol. The first-order valence-corrected chi connectivity index (χ1v) is 9.04. The Labute approximate surface area is 167 Å². The van der Waals surface area contributed by atoms with Crippen LogP contribution in [0.3, 0.4) is 0 Å². The average molecular weight is 397 g/mol. The van der Waals surface area contributed by atoms with Crippen LogP contribution in [0.2, 0.25) is 0 Å². The summed E-state index contributed by atoms with van der Waals surface area (Å²) in [4.78, 5) is 28.6.